The summed E-state index contributed by atoms with van der Waals surface area (Å²) in [4.78, 5) is 0. The monoisotopic (exact) mass is 227 g/mol. The highest BCUT2D eigenvalue weighted by molar-refractivity contribution is 7.98. The summed E-state index contributed by atoms with van der Waals surface area (Å²) in [5.74, 6) is 1.07. The second-order valence-electron chi connectivity index (χ2n) is 3.61. The quantitative estimate of drug-likeness (QED) is 0.750. The zero-order valence-electron chi connectivity index (χ0n) is 9.35. The maximum atomic E-state index is 13.0. The smallest absolute Gasteiger partial charge is 0.126 e. The van der Waals surface area contributed by atoms with E-state index in [0.29, 0.717) is 0 Å². The van der Waals surface area contributed by atoms with Gasteiger partial charge in [-0.25, -0.2) is 4.39 Å². The molecule has 0 spiro atoms. The standard InChI is InChI=1S/C12H18FNS/c1-10-8-11(4-5-12(10)13)9-14-6-3-7-15-2/h4-5,8,14H,3,6-7,9H2,1-2H3. The molecule has 15 heavy (non-hydrogen) atoms. The van der Waals surface area contributed by atoms with Gasteiger partial charge in [-0.1, -0.05) is 12.1 Å². The van der Waals surface area contributed by atoms with Crippen molar-refractivity contribution in [3.8, 4) is 0 Å². The van der Waals surface area contributed by atoms with Gasteiger partial charge in [0.25, 0.3) is 0 Å². The average Bonchev–Trinajstić information content (AvgIpc) is 2.23. The normalized spacial score (nSPS) is 10.6. The van der Waals surface area contributed by atoms with Crippen molar-refractivity contribution in [1.29, 1.82) is 0 Å². The molecule has 0 aliphatic rings. The Labute approximate surface area is 95.5 Å². The molecular formula is C12H18FNS. The Morgan fingerprint density at radius 1 is 1.40 bits per heavy atom. The minimum atomic E-state index is -0.124. The number of benzene rings is 1. The molecule has 0 saturated heterocycles. The first kappa shape index (κ1) is 12.5. The van der Waals surface area contributed by atoms with Gasteiger partial charge in [0.15, 0.2) is 0 Å². The van der Waals surface area contributed by atoms with E-state index in [4.69, 9.17) is 0 Å². The summed E-state index contributed by atoms with van der Waals surface area (Å²) < 4.78 is 13.0. The van der Waals surface area contributed by atoms with Crippen LogP contribution in [0.25, 0.3) is 0 Å². The average molecular weight is 227 g/mol. The Balaban J connectivity index is 2.28. The molecular weight excluding hydrogens is 209 g/mol. The van der Waals surface area contributed by atoms with Crippen molar-refractivity contribution < 1.29 is 4.39 Å². The largest absolute Gasteiger partial charge is 0.313 e. The molecule has 0 saturated carbocycles. The van der Waals surface area contributed by atoms with Crippen LogP contribution in [0.3, 0.4) is 0 Å². The molecule has 0 aliphatic heterocycles. The summed E-state index contributed by atoms with van der Waals surface area (Å²) in [5, 5.41) is 3.35. The van der Waals surface area contributed by atoms with E-state index in [9.17, 15) is 4.39 Å². The zero-order valence-corrected chi connectivity index (χ0v) is 10.2. The highest BCUT2D eigenvalue weighted by Crippen LogP contribution is 2.08. The van der Waals surface area contributed by atoms with Gasteiger partial charge < -0.3 is 5.32 Å². The third-order valence-corrected chi connectivity index (χ3v) is 2.95. The molecule has 1 rings (SSSR count). The lowest BCUT2D eigenvalue weighted by molar-refractivity contribution is 0.615. The van der Waals surface area contributed by atoms with E-state index in [1.165, 1.54) is 18.2 Å². The van der Waals surface area contributed by atoms with Crippen molar-refractivity contribution in [2.75, 3.05) is 18.6 Å². The van der Waals surface area contributed by atoms with Gasteiger partial charge in [0.05, 0.1) is 0 Å². The van der Waals surface area contributed by atoms with E-state index in [1.54, 1.807) is 6.92 Å². The lowest BCUT2D eigenvalue weighted by Crippen LogP contribution is -2.15. The fraction of sp³-hybridized carbons (Fsp3) is 0.500. The molecule has 1 nitrogen and oxygen atoms in total. The summed E-state index contributed by atoms with van der Waals surface area (Å²) in [7, 11) is 0. The second-order valence-corrected chi connectivity index (χ2v) is 4.59. The number of hydrogen-bond donors (Lipinski definition) is 1. The van der Waals surface area contributed by atoms with E-state index in [2.05, 4.69) is 11.6 Å². The van der Waals surface area contributed by atoms with Gasteiger partial charge in [0, 0.05) is 6.54 Å². The predicted molar refractivity (Wildman–Crippen MR) is 65.8 cm³/mol. The van der Waals surface area contributed by atoms with Gasteiger partial charge in [0.1, 0.15) is 5.82 Å². The van der Waals surface area contributed by atoms with Crippen LogP contribution in [0.15, 0.2) is 18.2 Å². The van der Waals surface area contributed by atoms with Gasteiger partial charge in [-0.15, -0.1) is 0 Å². The third-order valence-electron chi connectivity index (χ3n) is 2.25. The summed E-state index contributed by atoms with van der Waals surface area (Å²) >= 11 is 1.86. The first-order valence-corrected chi connectivity index (χ1v) is 6.58. The molecule has 0 unspecified atom stereocenters. The van der Waals surface area contributed by atoms with Crippen molar-refractivity contribution in [3.63, 3.8) is 0 Å². The Kier molecular flexibility index (Phi) is 5.73. The second kappa shape index (κ2) is 6.85. The predicted octanol–water partition coefficient (Wildman–Crippen LogP) is 2.98. The van der Waals surface area contributed by atoms with Crippen LogP contribution in [-0.2, 0) is 6.54 Å². The Morgan fingerprint density at radius 2 is 2.20 bits per heavy atom. The van der Waals surface area contributed by atoms with E-state index < -0.39 is 0 Å². The van der Waals surface area contributed by atoms with Crippen LogP contribution in [0.4, 0.5) is 4.39 Å². The van der Waals surface area contributed by atoms with E-state index in [1.807, 2.05) is 23.9 Å². The van der Waals surface area contributed by atoms with Crippen LogP contribution in [-0.4, -0.2) is 18.6 Å². The maximum absolute atomic E-state index is 13.0. The van der Waals surface area contributed by atoms with Crippen LogP contribution < -0.4 is 5.32 Å². The maximum Gasteiger partial charge on any atom is 0.126 e. The molecule has 1 N–H and O–H groups in total. The molecule has 0 atom stereocenters. The Hall–Kier alpha value is -0.540. The van der Waals surface area contributed by atoms with E-state index in [-0.39, 0.29) is 5.82 Å². The van der Waals surface area contributed by atoms with Crippen LogP contribution in [0.1, 0.15) is 17.5 Å². The Bertz CT molecular complexity index is 302. The summed E-state index contributed by atoms with van der Waals surface area (Å²) in [5.41, 5.74) is 1.87. The van der Waals surface area contributed by atoms with Crippen molar-refractivity contribution in [1.82, 2.24) is 5.32 Å². The molecule has 84 valence electrons. The molecule has 0 heterocycles. The van der Waals surface area contributed by atoms with Crippen molar-refractivity contribution in [2.45, 2.75) is 19.9 Å². The molecule has 0 bridgehead atoms. The molecule has 0 aromatic heterocycles. The Morgan fingerprint density at radius 3 is 2.87 bits per heavy atom. The SMILES string of the molecule is CSCCCNCc1ccc(F)c(C)c1. The highest BCUT2D eigenvalue weighted by Gasteiger charge is 1.98. The number of thioether (sulfide) groups is 1. The van der Waals surface area contributed by atoms with Crippen LogP contribution in [0.2, 0.25) is 0 Å². The van der Waals surface area contributed by atoms with Gasteiger partial charge in [-0.2, -0.15) is 11.8 Å². The number of nitrogens with one attached hydrogen (secondary N) is 1. The fourth-order valence-electron chi connectivity index (χ4n) is 1.39. The van der Waals surface area contributed by atoms with E-state index in [0.717, 1.165) is 24.2 Å². The number of hydrogen-bond acceptors (Lipinski definition) is 2. The molecule has 3 heteroatoms. The summed E-state index contributed by atoms with van der Waals surface area (Å²) in [6, 6.07) is 5.27. The molecule has 0 radical (unpaired) electrons. The van der Waals surface area contributed by atoms with Crippen molar-refractivity contribution in [2.24, 2.45) is 0 Å². The minimum absolute atomic E-state index is 0.124. The van der Waals surface area contributed by atoms with Crippen LogP contribution in [0, 0.1) is 12.7 Å². The molecule has 0 aliphatic carbocycles. The number of rotatable bonds is 6. The summed E-state index contributed by atoms with van der Waals surface area (Å²) in [6.07, 6.45) is 3.30. The molecule has 0 amide bonds. The van der Waals surface area contributed by atoms with Crippen molar-refractivity contribution >= 4 is 11.8 Å². The van der Waals surface area contributed by atoms with E-state index >= 15 is 0 Å². The lowest BCUT2D eigenvalue weighted by Gasteiger charge is -2.05. The first-order chi connectivity index (χ1) is 7.24. The minimum Gasteiger partial charge on any atom is -0.313 e. The molecule has 1 aromatic carbocycles. The first-order valence-electron chi connectivity index (χ1n) is 5.18. The lowest BCUT2D eigenvalue weighted by atomic mass is 10.1. The third kappa shape index (κ3) is 4.67. The van der Waals surface area contributed by atoms with Crippen LogP contribution >= 0.6 is 11.8 Å². The zero-order chi connectivity index (χ0) is 11.1. The number of halogens is 1. The van der Waals surface area contributed by atoms with Gasteiger partial charge >= 0.3 is 0 Å². The molecule has 0 fully saturated rings. The van der Waals surface area contributed by atoms with Gasteiger partial charge in [0.2, 0.25) is 0 Å². The van der Waals surface area contributed by atoms with Gasteiger partial charge in [-0.3, -0.25) is 0 Å². The topological polar surface area (TPSA) is 12.0 Å². The number of aryl methyl sites for hydroxylation is 1. The van der Waals surface area contributed by atoms with Gasteiger partial charge in [-0.05, 0) is 49.1 Å². The van der Waals surface area contributed by atoms with Crippen molar-refractivity contribution in [3.05, 3.63) is 35.1 Å². The molecule has 1 aromatic rings. The summed E-state index contributed by atoms with van der Waals surface area (Å²) in [6.45, 7) is 3.65. The van der Waals surface area contributed by atoms with Crippen LogP contribution in [0.5, 0.6) is 0 Å². The fourth-order valence-corrected chi connectivity index (χ4v) is 1.82. The highest BCUT2D eigenvalue weighted by atomic mass is 32.2.